The van der Waals surface area contributed by atoms with Crippen LogP contribution in [-0.2, 0) is 6.42 Å². The number of hydrogen-bond donors (Lipinski definition) is 0. The number of fused-ring (bicyclic) bond motifs is 1. The van der Waals surface area contributed by atoms with Gasteiger partial charge in [0.05, 0.1) is 0 Å². The summed E-state index contributed by atoms with van der Waals surface area (Å²) in [5.41, 5.74) is 5.93. The topological polar surface area (TPSA) is 0 Å². The smallest absolute Gasteiger partial charge is 0.00579 e. The maximum Gasteiger partial charge on any atom is -0.00579 e. The molecule has 0 unspecified atom stereocenters. The van der Waals surface area contributed by atoms with E-state index in [1.807, 2.05) is 13.8 Å². The zero-order chi connectivity index (χ0) is 9.84. The van der Waals surface area contributed by atoms with Crippen LogP contribution in [0.5, 0.6) is 0 Å². The van der Waals surface area contributed by atoms with Crippen molar-refractivity contribution in [2.24, 2.45) is 0 Å². The first-order valence-corrected chi connectivity index (χ1v) is 5.03. The third-order valence-corrected chi connectivity index (χ3v) is 2.52. The van der Waals surface area contributed by atoms with Crippen LogP contribution in [-0.4, -0.2) is 0 Å². The van der Waals surface area contributed by atoms with Gasteiger partial charge < -0.3 is 0 Å². The molecule has 70 valence electrons. The Morgan fingerprint density at radius 3 is 2.23 bits per heavy atom. The Morgan fingerprint density at radius 1 is 1.00 bits per heavy atom. The highest BCUT2D eigenvalue weighted by Crippen LogP contribution is 2.31. The lowest BCUT2D eigenvalue weighted by Gasteiger charge is -1.97. The van der Waals surface area contributed by atoms with Gasteiger partial charge in [-0.05, 0) is 37.0 Å². The fourth-order valence-electron chi connectivity index (χ4n) is 1.69. The fraction of sp³-hybridized carbons (Fsp3) is 0.385. The number of hydrogen-bond acceptors (Lipinski definition) is 0. The quantitative estimate of drug-likeness (QED) is 0.556. The molecule has 0 spiro atoms. The summed E-state index contributed by atoms with van der Waals surface area (Å²) >= 11 is 0. The molecule has 0 aliphatic heterocycles. The second-order valence-electron chi connectivity index (χ2n) is 3.24. The molecule has 1 aliphatic rings. The van der Waals surface area contributed by atoms with Crippen LogP contribution in [0.1, 0.15) is 38.8 Å². The molecule has 0 aromatic heterocycles. The predicted molar refractivity (Wildman–Crippen MR) is 59.8 cm³/mol. The van der Waals surface area contributed by atoms with Gasteiger partial charge in [0, 0.05) is 0 Å². The van der Waals surface area contributed by atoms with Crippen LogP contribution in [0.2, 0.25) is 0 Å². The molecule has 0 bridgehead atoms. The minimum Gasteiger partial charge on any atom is -0.0683 e. The average Bonchev–Trinajstić information content (AvgIpc) is 2.47. The van der Waals surface area contributed by atoms with Gasteiger partial charge in [0.2, 0.25) is 0 Å². The first-order valence-electron chi connectivity index (χ1n) is 5.03. The van der Waals surface area contributed by atoms with Crippen LogP contribution in [0.25, 0.3) is 5.57 Å². The van der Waals surface area contributed by atoms with Crippen LogP contribution in [0.4, 0.5) is 0 Å². The van der Waals surface area contributed by atoms with E-state index in [1.54, 1.807) is 0 Å². The Kier molecular flexibility index (Phi) is 3.30. The maximum atomic E-state index is 2.22. The number of benzene rings is 1. The SMILES string of the molecule is CC.CC1=C(C)c2ccccc2C1. The molecule has 0 heterocycles. The number of rotatable bonds is 0. The molecule has 0 N–H and O–H groups in total. The summed E-state index contributed by atoms with van der Waals surface area (Å²) < 4.78 is 0. The van der Waals surface area contributed by atoms with E-state index in [2.05, 4.69) is 38.1 Å². The van der Waals surface area contributed by atoms with E-state index < -0.39 is 0 Å². The van der Waals surface area contributed by atoms with Crippen molar-refractivity contribution in [1.29, 1.82) is 0 Å². The van der Waals surface area contributed by atoms with Crippen molar-refractivity contribution in [3.05, 3.63) is 41.0 Å². The van der Waals surface area contributed by atoms with E-state index in [1.165, 1.54) is 22.3 Å². The Bertz CT molecular complexity index is 319. The summed E-state index contributed by atoms with van der Waals surface area (Å²) in [4.78, 5) is 0. The van der Waals surface area contributed by atoms with Crippen LogP contribution in [0.15, 0.2) is 29.8 Å². The summed E-state index contributed by atoms with van der Waals surface area (Å²) in [6.07, 6.45) is 1.15. The average molecular weight is 174 g/mol. The van der Waals surface area contributed by atoms with Crippen LogP contribution < -0.4 is 0 Å². The molecule has 2 rings (SSSR count). The fourth-order valence-corrected chi connectivity index (χ4v) is 1.69. The molecular formula is C13H18. The van der Waals surface area contributed by atoms with E-state index in [4.69, 9.17) is 0 Å². The Morgan fingerprint density at radius 2 is 1.62 bits per heavy atom. The molecule has 0 radical (unpaired) electrons. The summed E-state index contributed by atoms with van der Waals surface area (Å²) in [5.74, 6) is 0. The van der Waals surface area contributed by atoms with Gasteiger partial charge >= 0.3 is 0 Å². The van der Waals surface area contributed by atoms with Gasteiger partial charge in [-0.2, -0.15) is 0 Å². The summed E-state index contributed by atoms with van der Waals surface area (Å²) in [6, 6.07) is 8.65. The molecule has 0 amide bonds. The first kappa shape index (κ1) is 10.0. The molecule has 0 heteroatoms. The molecule has 13 heavy (non-hydrogen) atoms. The second-order valence-corrected chi connectivity index (χ2v) is 3.24. The zero-order valence-corrected chi connectivity index (χ0v) is 9.02. The molecular weight excluding hydrogens is 156 g/mol. The van der Waals surface area contributed by atoms with Gasteiger partial charge in [0.25, 0.3) is 0 Å². The van der Waals surface area contributed by atoms with Crippen molar-refractivity contribution in [3.63, 3.8) is 0 Å². The van der Waals surface area contributed by atoms with E-state index in [-0.39, 0.29) is 0 Å². The lowest BCUT2D eigenvalue weighted by atomic mass is 10.1. The zero-order valence-electron chi connectivity index (χ0n) is 9.02. The van der Waals surface area contributed by atoms with Crippen molar-refractivity contribution < 1.29 is 0 Å². The predicted octanol–water partition coefficient (Wildman–Crippen LogP) is 4.06. The van der Waals surface area contributed by atoms with E-state index >= 15 is 0 Å². The molecule has 0 nitrogen and oxygen atoms in total. The normalized spacial score (nSPS) is 13.5. The molecule has 0 fully saturated rings. The molecule has 0 atom stereocenters. The molecule has 1 aliphatic carbocycles. The Balaban J connectivity index is 0.000000396. The van der Waals surface area contributed by atoms with Crippen LogP contribution in [0.3, 0.4) is 0 Å². The van der Waals surface area contributed by atoms with Crippen molar-refractivity contribution in [2.75, 3.05) is 0 Å². The molecule has 0 saturated carbocycles. The van der Waals surface area contributed by atoms with Crippen molar-refractivity contribution >= 4 is 5.57 Å². The molecule has 1 aromatic rings. The van der Waals surface area contributed by atoms with Gasteiger partial charge in [0.15, 0.2) is 0 Å². The lowest BCUT2D eigenvalue weighted by molar-refractivity contribution is 1.19. The van der Waals surface area contributed by atoms with Crippen molar-refractivity contribution in [3.8, 4) is 0 Å². The van der Waals surface area contributed by atoms with Gasteiger partial charge in [-0.15, -0.1) is 0 Å². The Labute approximate surface area is 81.3 Å². The summed E-state index contributed by atoms with van der Waals surface area (Å²) in [5, 5.41) is 0. The maximum absolute atomic E-state index is 2.22. The van der Waals surface area contributed by atoms with Crippen molar-refractivity contribution in [2.45, 2.75) is 34.1 Å². The first-order chi connectivity index (χ1) is 6.29. The highest BCUT2D eigenvalue weighted by atomic mass is 14.2. The summed E-state index contributed by atoms with van der Waals surface area (Å²) in [7, 11) is 0. The van der Waals surface area contributed by atoms with Gasteiger partial charge in [-0.25, -0.2) is 0 Å². The second kappa shape index (κ2) is 4.27. The Hall–Kier alpha value is -1.04. The van der Waals surface area contributed by atoms with Gasteiger partial charge in [-0.3, -0.25) is 0 Å². The van der Waals surface area contributed by atoms with Crippen LogP contribution in [0, 0.1) is 0 Å². The highest BCUT2D eigenvalue weighted by molar-refractivity contribution is 5.74. The third kappa shape index (κ3) is 1.82. The van der Waals surface area contributed by atoms with E-state index in [9.17, 15) is 0 Å². The minimum atomic E-state index is 1.15. The highest BCUT2D eigenvalue weighted by Gasteiger charge is 2.13. The standard InChI is InChI=1S/C11H12.C2H6/c1-8-7-10-5-3-4-6-11(10)9(8)2;1-2/h3-6H,7H2,1-2H3;1-2H3. The molecule has 0 saturated heterocycles. The van der Waals surface area contributed by atoms with Crippen molar-refractivity contribution in [1.82, 2.24) is 0 Å². The summed E-state index contributed by atoms with van der Waals surface area (Å²) in [6.45, 7) is 8.43. The van der Waals surface area contributed by atoms with E-state index in [0.717, 1.165) is 6.42 Å². The van der Waals surface area contributed by atoms with Gasteiger partial charge in [0.1, 0.15) is 0 Å². The van der Waals surface area contributed by atoms with Crippen LogP contribution >= 0.6 is 0 Å². The largest absolute Gasteiger partial charge is 0.0683 e. The number of allylic oxidation sites excluding steroid dienone is 2. The van der Waals surface area contributed by atoms with E-state index in [0.29, 0.717) is 0 Å². The third-order valence-electron chi connectivity index (χ3n) is 2.52. The molecule has 1 aromatic carbocycles. The monoisotopic (exact) mass is 174 g/mol. The lowest BCUT2D eigenvalue weighted by Crippen LogP contribution is -1.80. The minimum absolute atomic E-state index is 1.15. The van der Waals surface area contributed by atoms with Gasteiger partial charge in [-0.1, -0.05) is 43.7 Å².